The highest BCUT2D eigenvalue weighted by atomic mass is 35.5. The molecule has 0 saturated carbocycles. The number of carbonyl (C=O) groups excluding carboxylic acids is 1. The fourth-order valence-corrected chi connectivity index (χ4v) is 2.39. The van der Waals surface area contributed by atoms with Crippen LogP contribution in [0, 0.1) is 6.92 Å². The molecule has 1 aliphatic heterocycles. The average molecular weight is 243 g/mol. The molecule has 1 atom stereocenters. The highest BCUT2D eigenvalue weighted by Crippen LogP contribution is 2.21. The number of piperidine rings is 1. The number of halogens is 1. The summed E-state index contributed by atoms with van der Waals surface area (Å²) < 4.78 is 5.13. The number of nitrogens with zero attached hydrogens (tertiary/aromatic N) is 2. The van der Waals surface area contributed by atoms with Gasteiger partial charge in [-0.2, -0.15) is 0 Å². The summed E-state index contributed by atoms with van der Waals surface area (Å²) in [5.41, 5.74) is 0.642. The largest absolute Gasteiger partial charge is 0.438 e. The van der Waals surface area contributed by atoms with Crippen LogP contribution in [0.3, 0.4) is 0 Å². The zero-order valence-corrected chi connectivity index (χ0v) is 10.0. The van der Waals surface area contributed by atoms with E-state index in [-0.39, 0.29) is 11.9 Å². The van der Waals surface area contributed by atoms with Crippen LogP contribution in [0.15, 0.2) is 10.8 Å². The van der Waals surface area contributed by atoms with Gasteiger partial charge >= 0.3 is 0 Å². The van der Waals surface area contributed by atoms with Crippen LogP contribution in [0.25, 0.3) is 0 Å². The van der Waals surface area contributed by atoms with Crippen molar-refractivity contribution in [2.45, 2.75) is 32.2 Å². The van der Waals surface area contributed by atoms with Crippen molar-refractivity contribution in [2.24, 2.45) is 0 Å². The summed E-state index contributed by atoms with van der Waals surface area (Å²) in [6, 6.07) is 0.132. The first-order chi connectivity index (χ1) is 7.74. The van der Waals surface area contributed by atoms with Gasteiger partial charge in [0.15, 0.2) is 6.39 Å². The number of oxazole rings is 1. The van der Waals surface area contributed by atoms with Gasteiger partial charge in [-0.05, 0) is 26.2 Å². The van der Waals surface area contributed by atoms with Gasteiger partial charge in [0, 0.05) is 18.5 Å². The Bertz CT molecular complexity index is 378. The first kappa shape index (κ1) is 11.5. The fourth-order valence-electron chi connectivity index (χ4n) is 2.07. The predicted octanol–water partition coefficient (Wildman–Crippen LogP) is 2.22. The Morgan fingerprint density at radius 3 is 3.12 bits per heavy atom. The van der Waals surface area contributed by atoms with E-state index in [9.17, 15) is 4.79 Å². The summed E-state index contributed by atoms with van der Waals surface area (Å²) in [7, 11) is 0. The summed E-state index contributed by atoms with van der Waals surface area (Å²) in [6.07, 6.45) is 4.45. The molecule has 1 aliphatic rings. The van der Waals surface area contributed by atoms with E-state index in [1.165, 1.54) is 6.39 Å². The van der Waals surface area contributed by atoms with Crippen molar-refractivity contribution in [3.05, 3.63) is 17.8 Å². The van der Waals surface area contributed by atoms with Crippen LogP contribution >= 0.6 is 11.6 Å². The maximum Gasteiger partial charge on any atom is 0.291 e. The highest BCUT2D eigenvalue weighted by Gasteiger charge is 2.29. The minimum Gasteiger partial charge on any atom is -0.438 e. The molecule has 1 aromatic heterocycles. The van der Waals surface area contributed by atoms with Crippen LogP contribution in [0.1, 0.15) is 35.5 Å². The monoisotopic (exact) mass is 242 g/mol. The molecule has 1 unspecified atom stereocenters. The molecule has 0 N–H and O–H groups in total. The summed E-state index contributed by atoms with van der Waals surface area (Å²) in [5, 5.41) is 0. The Kier molecular flexibility index (Phi) is 3.49. The van der Waals surface area contributed by atoms with Gasteiger partial charge in [0.1, 0.15) is 0 Å². The zero-order chi connectivity index (χ0) is 11.5. The Balaban J connectivity index is 2.17. The molecule has 16 heavy (non-hydrogen) atoms. The van der Waals surface area contributed by atoms with E-state index in [1.54, 1.807) is 6.92 Å². The molecular weight excluding hydrogens is 228 g/mol. The van der Waals surface area contributed by atoms with E-state index < -0.39 is 0 Å². The van der Waals surface area contributed by atoms with Crippen LogP contribution in [-0.2, 0) is 0 Å². The molecule has 0 spiro atoms. The van der Waals surface area contributed by atoms with E-state index >= 15 is 0 Å². The predicted molar refractivity (Wildman–Crippen MR) is 60.6 cm³/mol. The molecule has 0 aromatic carbocycles. The summed E-state index contributed by atoms with van der Waals surface area (Å²) in [5.74, 6) is 0.746. The van der Waals surface area contributed by atoms with Gasteiger partial charge < -0.3 is 9.32 Å². The van der Waals surface area contributed by atoms with E-state index in [0.29, 0.717) is 17.3 Å². The van der Waals surface area contributed by atoms with E-state index in [2.05, 4.69) is 4.98 Å². The third kappa shape index (κ3) is 2.07. The molecule has 1 saturated heterocycles. The first-order valence-corrected chi connectivity index (χ1v) is 6.04. The Morgan fingerprint density at radius 1 is 1.69 bits per heavy atom. The van der Waals surface area contributed by atoms with E-state index in [4.69, 9.17) is 16.0 Å². The summed E-state index contributed by atoms with van der Waals surface area (Å²) >= 11 is 5.88. The minimum atomic E-state index is -0.0830. The minimum absolute atomic E-state index is 0.0830. The Morgan fingerprint density at radius 2 is 2.50 bits per heavy atom. The van der Waals surface area contributed by atoms with Gasteiger partial charge in [0.05, 0.1) is 5.69 Å². The molecule has 0 bridgehead atoms. The average Bonchev–Trinajstić information content (AvgIpc) is 2.74. The normalized spacial score (nSPS) is 21.1. The molecule has 1 fully saturated rings. The number of amides is 1. The molecule has 0 aliphatic carbocycles. The van der Waals surface area contributed by atoms with E-state index in [1.807, 2.05) is 4.90 Å². The number of carbonyl (C=O) groups is 1. The smallest absolute Gasteiger partial charge is 0.291 e. The summed E-state index contributed by atoms with van der Waals surface area (Å²) in [6.45, 7) is 2.53. The van der Waals surface area contributed by atoms with Gasteiger partial charge in [-0.1, -0.05) is 0 Å². The maximum absolute atomic E-state index is 12.2. The zero-order valence-electron chi connectivity index (χ0n) is 9.28. The highest BCUT2D eigenvalue weighted by molar-refractivity contribution is 6.18. The number of hydrogen-bond donors (Lipinski definition) is 0. The second kappa shape index (κ2) is 4.87. The molecule has 0 radical (unpaired) electrons. The van der Waals surface area contributed by atoms with Crippen LogP contribution in [0.4, 0.5) is 0 Å². The molecule has 88 valence electrons. The van der Waals surface area contributed by atoms with E-state index in [0.717, 1.165) is 25.8 Å². The Labute approximate surface area is 99.6 Å². The van der Waals surface area contributed by atoms with Crippen molar-refractivity contribution in [3.8, 4) is 0 Å². The first-order valence-electron chi connectivity index (χ1n) is 5.51. The fraction of sp³-hybridized carbons (Fsp3) is 0.636. The quantitative estimate of drug-likeness (QED) is 0.747. The summed E-state index contributed by atoms with van der Waals surface area (Å²) in [4.78, 5) is 17.9. The van der Waals surface area contributed by atoms with Crippen LogP contribution < -0.4 is 0 Å². The van der Waals surface area contributed by atoms with Gasteiger partial charge in [-0.3, -0.25) is 4.79 Å². The molecule has 2 rings (SSSR count). The number of aromatic nitrogens is 1. The lowest BCUT2D eigenvalue weighted by atomic mass is 10.0. The maximum atomic E-state index is 12.2. The van der Waals surface area contributed by atoms with Crippen LogP contribution in [0.2, 0.25) is 0 Å². The van der Waals surface area contributed by atoms with Crippen molar-refractivity contribution in [3.63, 3.8) is 0 Å². The van der Waals surface area contributed by atoms with Gasteiger partial charge in [-0.25, -0.2) is 4.98 Å². The number of alkyl halides is 1. The molecule has 1 amide bonds. The van der Waals surface area contributed by atoms with Crippen LogP contribution in [0.5, 0.6) is 0 Å². The van der Waals surface area contributed by atoms with Gasteiger partial charge in [-0.15, -0.1) is 11.6 Å². The lowest BCUT2D eigenvalue weighted by Gasteiger charge is -2.33. The molecule has 2 heterocycles. The SMILES string of the molecule is Cc1ncoc1C(=O)N1CCCCC1CCl. The lowest BCUT2D eigenvalue weighted by Crippen LogP contribution is -2.44. The van der Waals surface area contributed by atoms with Crippen molar-refractivity contribution in [2.75, 3.05) is 12.4 Å². The molecule has 1 aromatic rings. The second-order valence-electron chi connectivity index (χ2n) is 4.07. The third-order valence-electron chi connectivity index (χ3n) is 3.01. The number of likely N-dealkylation sites (tertiary alicyclic amines) is 1. The number of aryl methyl sites for hydroxylation is 1. The molecular formula is C11H15ClN2O2. The van der Waals surface area contributed by atoms with Crippen molar-refractivity contribution >= 4 is 17.5 Å². The second-order valence-corrected chi connectivity index (χ2v) is 4.38. The topological polar surface area (TPSA) is 46.3 Å². The van der Waals surface area contributed by atoms with Crippen molar-refractivity contribution < 1.29 is 9.21 Å². The number of rotatable bonds is 2. The number of hydrogen-bond acceptors (Lipinski definition) is 3. The lowest BCUT2D eigenvalue weighted by molar-refractivity contribution is 0.0605. The third-order valence-corrected chi connectivity index (χ3v) is 3.36. The molecule has 5 heteroatoms. The standard InChI is InChI=1S/C11H15ClN2O2/c1-8-10(16-7-13-8)11(15)14-5-3-2-4-9(14)6-12/h7,9H,2-6H2,1H3. The van der Waals surface area contributed by atoms with Gasteiger partial charge in [0.2, 0.25) is 5.76 Å². The molecule has 4 nitrogen and oxygen atoms in total. The van der Waals surface area contributed by atoms with Crippen LogP contribution in [-0.4, -0.2) is 34.3 Å². The van der Waals surface area contributed by atoms with Crippen molar-refractivity contribution in [1.82, 2.24) is 9.88 Å². The van der Waals surface area contributed by atoms with Gasteiger partial charge in [0.25, 0.3) is 5.91 Å². The van der Waals surface area contributed by atoms with Crippen molar-refractivity contribution in [1.29, 1.82) is 0 Å². The Hall–Kier alpha value is -1.03.